The van der Waals surface area contributed by atoms with E-state index in [-0.39, 0.29) is 12.0 Å². The third kappa shape index (κ3) is 7.25. The molecule has 0 saturated carbocycles. The maximum atomic E-state index is 12.7. The summed E-state index contributed by atoms with van der Waals surface area (Å²) >= 11 is 1.29. The van der Waals surface area contributed by atoms with E-state index in [1.807, 2.05) is 48.5 Å². The molecule has 1 aliphatic rings. The summed E-state index contributed by atoms with van der Waals surface area (Å²) in [6.45, 7) is 15.7. The summed E-state index contributed by atoms with van der Waals surface area (Å²) in [5.41, 5.74) is 0.0481. The fourth-order valence-corrected chi connectivity index (χ4v) is 4.80. The lowest BCUT2D eigenvalue weighted by atomic mass is 9.92. The number of alkyl halides is 3. The molecule has 0 aromatic carbocycles. The lowest BCUT2D eigenvalue weighted by Gasteiger charge is -2.33. The van der Waals surface area contributed by atoms with E-state index in [0.29, 0.717) is 39.2 Å². The van der Waals surface area contributed by atoms with Crippen molar-refractivity contribution in [3.8, 4) is 16.5 Å². The predicted molar refractivity (Wildman–Crippen MR) is 145 cm³/mol. The number of ether oxygens (including phenoxy) is 1. The molecule has 9 nitrogen and oxygen atoms in total. The van der Waals surface area contributed by atoms with Gasteiger partial charge in [-0.25, -0.2) is 9.50 Å². The summed E-state index contributed by atoms with van der Waals surface area (Å²) in [5.74, 6) is 1.29. The summed E-state index contributed by atoms with van der Waals surface area (Å²) in [6.07, 6.45) is 0.155. The number of rotatable bonds is 6. The third-order valence-corrected chi connectivity index (χ3v) is 6.90. The fourth-order valence-electron chi connectivity index (χ4n) is 3.99. The Balaban J connectivity index is 0.00000100. The van der Waals surface area contributed by atoms with E-state index in [1.165, 1.54) is 23.6 Å². The van der Waals surface area contributed by atoms with Gasteiger partial charge >= 0.3 is 12.2 Å². The van der Waals surface area contributed by atoms with Gasteiger partial charge in [0.25, 0.3) is 5.19 Å². The van der Waals surface area contributed by atoms with Gasteiger partial charge in [-0.1, -0.05) is 46.7 Å². The molecule has 0 aliphatic carbocycles. The number of halogens is 3. The molecule has 4 aromatic rings. The minimum atomic E-state index is -4.47. The molecule has 39 heavy (non-hydrogen) atoms. The molecule has 1 unspecified atom stereocenters. The van der Waals surface area contributed by atoms with Gasteiger partial charge in [0.15, 0.2) is 5.82 Å². The van der Waals surface area contributed by atoms with E-state index >= 15 is 0 Å². The number of nitrogens with zero attached hydrogens (tertiary/aromatic N) is 7. The number of piperidine rings is 1. The van der Waals surface area contributed by atoms with Gasteiger partial charge in [0.05, 0.1) is 11.9 Å². The Hall–Kier alpha value is -3.22. The van der Waals surface area contributed by atoms with Gasteiger partial charge in [0.1, 0.15) is 11.8 Å². The largest absolute Gasteiger partial charge is 0.466 e. The molecule has 1 saturated heterocycles. The molecule has 13 heteroatoms. The smallest absolute Gasteiger partial charge is 0.433 e. The van der Waals surface area contributed by atoms with Gasteiger partial charge in [-0.05, 0) is 49.2 Å². The standard InChI is InChI=1S/C22H24F3N7O2S.2C2H6/c1-12(2)18-28-19(34-30-18)31-8-6-14(7-9-31)13(3)33-21-29-32-11-16(27-20(32)35-21)15-4-5-17(26-10-15)22(23,24)25;2*1-2/h4-5,10-14H,6-9H2,1-3H3;2*1-2H3. The van der Waals surface area contributed by atoms with Gasteiger partial charge in [0.2, 0.25) is 4.96 Å². The summed E-state index contributed by atoms with van der Waals surface area (Å²) in [7, 11) is 0. The average molecular weight is 568 g/mol. The lowest BCUT2D eigenvalue weighted by molar-refractivity contribution is -0.141. The zero-order chi connectivity index (χ0) is 28.7. The number of imidazole rings is 1. The second-order valence-corrected chi connectivity index (χ2v) is 9.81. The first-order valence-corrected chi connectivity index (χ1v) is 14.1. The van der Waals surface area contributed by atoms with Crippen molar-refractivity contribution < 1.29 is 22.4 Å². The second-order valence-electron chi connectivity index (χ2n) is 8.89. The average Bonchev–Trinajstić information content (AvgIpc) is 3.66. The molecule has 0 bridgehead atoms. The lowest BCUT2D eigenvalue weighted by Crippen LogP contribution is -2.38. The Morgan fingerprint density at radius 2 is 1.74 bits per heavy atom. The van der Waals surface area contributed by atoms with Gasteiger partial charge in [0, 0.05) is 30.8 Å². The van der Waals surface area contributed by atoms with Crippen LogP contribution in [0.25, 0.3) is 16.2 Å². The van der Waals surface area contributed by atoms with Crippen molar-refractivity contribution in [2.75, 3.05) is 18.0 Å². The summed E-state index contributed by atoms with van der Waals surface area (Å²) in [5, 5.41) is 8.98. The summed E-state index contributed by atoms with van der Waals surface area (Å²) in [6, 6.07) is 2.87. The van der Waals surface area contributed by atoms with Crippen LogP contribution in [0.5, 0.6) is 5.19 Å². The first-order valence-electron chi connectivity index (χ1n) is 13.3. The molecule has 5 rings (SSSR count). The number of anilines is 1. The maximum absolute atomic E-state index is 12.7. The number of aromatic nitrogens is 6. The molecule has 0 radical (unpaired) electrons. The van der Waals surface area contributed by atoms with Crippen molar-refractivity contribution in [2.45, 2.75) is 79.5 Å². The molecular formula is C26H36F3N7O2S. The highest BCUT2D eigenvalue weighted by Crippen LogP contribution is 2.32. The van der Waals surface area contributed by atoms with Gasteiger partial charge in [-0.3, -0.25) is 4.98 Å². The molecule has 1 aliphatic heterocycles. The van der Waals surface area contributed by atoms with Crippen LogP contribution in [-0.4, -0.2) is 48.9 Å². The van der Waals surface area contributed by atoms with Gasteiger partial charge in [-0.15, -0.1) is 5.10 Å². The van der Waals surface area contributed by atoms with E-state index < -0.39 is 11.9 Å². The Labute approximate surface area is 230 Å². The van der Waals surface area contributed by atoms with Crippen LogP contribution < -0.4 is 9.64 Å². The van der Waals surface area contributed by atoms with E-state index in [9.17, 15) is 13.2 Å². The topological polar surface area (TPSA) is 94.5 Å². The van der Waals surface area contributed by atoms with E-state index in [1.54, 1.807) is 10.7 Å². The minimum Gasteiger partial charge on any atom is -0.466 e. The Bertz CT molecular complexity index is 1260. The first-order chi connectivity index (χ1) is 18.7. The van der Waals surface area contributed by atoms with Gasteiger partial charge in [-0.2, -0.15) is 18.2 Å². The second kappa shape index (κ2) is 13.2. The van der Waals surface area contributed by atoms with E-state index in [4.69, 9.17) is 9.26 Å². The Kier molecular flexibility index (Phi) is 10.3. The third-order valence-electron chi connectivity index (χ3n) is 6.08. The molecule has 4 aromatic heterocycles. The van der Waals surface area contributed by atoms with Crippen molar-refractivity contribution in [1.82, 2.24) is 29.7 Å². The zero-order valence-corrected chi connectivity index (χ0v) is 24.2. The van der Waals surface area contributed by atoms with Crippen LogP contribution in [-0.2, 0) is 6.18 Å². The van der Waals surface area contributed by atoms with Crippen LogP contribution >= 0.6 is 11.3 Å². The van der Waals surface area contributed by atoms with Crippen molar-refractivity contribution in [3.63, 3.8) is 0 Å². The molecule has 0 N–H and O–H groups in total. The molecule has 5 heterocycles. The van der Waals surface area contributed by atoms with Crippen molar-refractivity contribution in [1.29, 1.82) is 0 Å². The van der Waals surface area contributed by atoms with Crippen molar-refractivity contribution in [2.24, 2.45) is 5.92 Å². The number of fused-ring (bicyclic) bond motifs is 1. The number of hydrogen-bond acceptors (Lipinski definition) is 9. The maximum Gasteiger partial charge on any atom is 0.433 e. The minimum absolute atomic E-state index is 0.0412. The van der Waals surface area contributed by atoms with Gasteiger partial charge < -0.3 is 14.2 Å². The molecule has 1 atom stereocenters. The van der Waals surface area contributed by atoms with Crippen LogP contribution in [0.2, 0.25) is 0 Å². The van der Waals surface area contributed by atoms with Crippen LogP contribution in [0.3, 0.4) is 0 Å². The molecule has 0 amide bonds. The summed E-state index contributed by atoms with van der Waals surface area (Å²) in [4.78, 5) is 15.1. The van der Waals surface area contributed by atoms with Crippen LogP contribution in [0, 0.1) is 5.92 Å². The molecule has 0 spiro atoms. The molecule has 214 valence electrons. The van der Waals surface area contributed by atoms with E-state index in [2.05, 4.69) is 30.1 Å². The Morgan fingerprint density at radius 3 is 2.28 bits per heavy atom. The van der Waals surface area contributed by atoms with Crippen LogP contribution in [0.1, 0.15) is 78.7 Å². The fraction of sp³-hybridized carbons (Fsp3) is 0.577. The summed E-state index contributed by atoms with van der Waals surface area (Å²) < 4.78 is 51.3. The SMILES string of the molecule is CC.CC.CC(C)c1noc(N2CCC(C(C)Oc3nn4cc(-c5ccc(C(F)(F)F)nc5)nc4s3)CC2)n1. The highest BCUT2D eigenvalue weighted by molar-refractivity contribution is 7.18. The first kappa shape index (κ1) is 30.3. The van der Waals surface area contributed by atoms with Crippen LogP contribution in [0.15, 0.2) is 29.0 Å². The highest BCUT2D eigenvalue weighted by atomic mass is 32.1. The highest BCUT2D eigenvalue weighted by Gasteiger charge is 2.32. The van der Waals surface area contributed by atoms with Crippen molar-refractivity contribution in [3.05, 3.63) is 36.0 Å². The number of hydrogen-bond donors (Lipinski definition) is 0. The molecular weight excluding hydrogens is 531 g/mol. The quantitative estimate of drug-likeness (QED) is 0.243. The predicted octanol–water partition coefficient (Wildman–Crippen LogP) is 7.11. The monoisotopic (exact) mass is 567 g/mol. The Morgan fingerprint density at radius 1 is 1.05 bits per heavy atom. The van der Waals surface area contributed by atoms with Crippen molar-refractivity contribution >= 4 is 22.3 Å². The van der Waals surface area contributed by atoms with Crippen LogP contribution in [0.4, 0.5) is 19.2 Å². The zero-order valence-electron chi connectivity index (χ0n) is 23.4. The molecule has 1 fully saturated rings. The normalized spacial score (nSPS) is 15.0. The number of pyridine rings is 1. The van der Waals surface area contributed by atoms with E-state index in [0.717, 1.165) is 32.0 Å².